The maximum atomic E-state index is 4.36. The van der Waals surface area contributed by atoms with Crippen LogP contribution in [0.25, 0.3) is 0 Å². The van der Waals surface area contributed by atoms with Gasteiger partial charge in [-0.2, -0.15) is 0 Å². The Labute approximate surface area is 157 Å². The van der Waals surface area contributed by atoms with Gasteiger partial charge >= 0.3 is 0 Å². The van der Waals surface area contributed by atoms with Gasteiger partial charge in [-0.15, -0.1) is 0 Å². The Morgan fingerprint density at radius 1 is 0.846 bits per heavy atom. The first-order valence-electron chi connectivity index (χ1n) is 9.97. The maximum Gasteiger partial charge on any atom is 0.125 e. The van der Waals surface area contributed by atoms with Crippen molar-refractivity contribution >= 4 is 0 Å². The van der Waals surface area contributed by atoms with Gasteiger partial charge < -0.3 is 0 Å². The van der Waals surface area contributed by atoms with Crippen molar-refractivity contribution in [2.24, 2.45) is 5.41 Å². The molecule has 2 aliphatic rings. The number of piperidine rings is 2. The lowest BCUT2D eigenvalue weighted by Crippen LogP contribution is -2.51. The Hall–Kier alpha value is -1.78. The summed E-state index contributed by atoms with van der Waals surface area (Å²) in [6, 6.07) is 10.9. The highest BCUT2D eigenvalue weighted by Crippen LogP contribution is 2.39. The number of aromatic nitrogens is 2. The maximum absolute atomic E-state index is 4.36. The number of nitrogens with zero attached hydrogens (tertiary/aromatic N) is 4. The molecule has 4 nitrogen and oxygen atoms in total. The molecule has 1 aromatic heterocycles. The second-order valence-electron chi connectivity index (χ2n) is 8.25. The van der Waals surface area contributed by atoms with Gasteiger partial charge in [0.05, 0.1) is 0 Å². The van der Waals surface area contributed by atoms with E-state index in [1.54, 1.807) is 0 Å². The molecule has 1 spiro atoms. The van der Waals surface area contributed by atoms with Gasteiger partial charge in [-0.1, -0.05) is 30.3 Å². The van der Waals surface area contributed by atoms with Gasteiger partial charge in [0.15, 0.2) is 0 Å². The molecule has 1 atom stereocenters. The number of aryl methyl sites for hydroxylation is 1. The third kappa shape index (κ3) is 4.30. The smallest absolute Gasteiger partial charge is 0.125 e. The van der Waals surface area contributed by atoms with Crippen LogP contribution in [0, 0.1) is 12.3 Å². The van der Waals surface area contributed by atoms with E-state index in [0.29, 0.717) is 5.41 Å². The zero-order chi connectivity index (χ0) is 17.8. The molecule has 4 rings (SSSR count). The number of likely N-dealkylation sites (tertiary alicyclic amines) is 2. The Morgan fingerprint density at radius 2 is 1.42 bits per heavy atom. The molecule has 0 aliphatic carbocycles. The van der Waals surface area contributed by atoms with Gasteiger partial charge in [0.1, 0.15) is 5.82 Å². The highest BCUT2D eigenvalue weighted by atomic mass is 15.2. The first kappa shape index (κ1) is 17.6. The zero-order valence-corrected chi connectivity index (χ0v) is 15.9. The van der Waals surface area contributed by atoms with Crippen LogP contribution in [0.15, 0.2) is 42.7 Å². The van der Waals surface area contributed by atoms with Crippen LogP contribution in [-0.2, 0) is 13.1 Å². The van der Waals surface area contributed by atoms with E-state index in [2.05, 4.69) is 50.1 Å². The molecule has 1 unspecified atom stereocenters. The van der Waals surface area contributed by atoms with E-state index >= 15 is 0 Å². The SMILES string of the molecule is Cc1ncc(CN2CCCC3(CCCN(Cc4ccccc4)C3)C2)cn1. The minimum atomic E-state index is 0.469. The Kier molecular flexibility index (Phi) is 5.32. The Bertz CT molecular complexity index is 696. The molecule has 2 aliphatic heterocycles. The van der Waals surface area contributed by atoms with Crippen LogP contribution in [0.4, 0.5) is 0 Å². The molecule has 26 heavy (non-hydrogen) atoms. The van der Waals surface area contributed by atoms with E-state index in [0.717, 1.165) is 18.9 Å². The number of benzene rings is 1. The molecule has 4 heteroatoms. The summed E-state index contributed by atoms with van der Waals surface area (Å²) < 4.78 is 0. The van der Waals surface area contributed by atoms with Crippen LogP contribution in [0.2, 0.25) is 0 Å². The molecule has 2 saturated heterocycles. The molecule has 0 saturated carbocycles. The Morgan fingerprint density at radius 3 is 2.04 bits per heavy atom. The van der Waals surface area contributed by atoms with Crippen molar-refractivity contribution in [1.29, 1.82) is 0 Å². The van der Waals surface area contributed by atoms with Crippen molar-refractivity contribution in [1.82, 2.24) is 19.8 Å². The molecule has 3 heterocycles. The summed E-state index contributed by atoms with van der Waals surface area (Å²) in [6.07, 6.45) is 9.37. The van der Waals surface area contributed by atoms with Crippen LogP contribution in [-0.4, -0.2) is 45.9 Å². The topological polar surface area (TPSA) is 32.3 Å². The average molecular weight is 351 g/mol. The second-order valence-corrected chi connectivity index (χ2v) is 8.25. The molecule has 0 radical (unpaired) electrons. The van der Waals surface area contributed by atoms with E-state index in [1.807, 2.05) is 19.3 Å². The fourth-order valence-corrected chi connectivity index (χ4v) is 4.82. The van der Waals surface area contributed by atoms with Crippen LogP contribution in [0.1, 0.15) is 42.6 Å². The van der Waals surface area contributed by atoms with Crippen LogP contribution < -0.4 is 0 Å². The van der Waals surface area contributed by atoms with Crippen LogP contribution >= 0.6 is 0 Å². The molecule has 2 fully saturated rings. The summed E-state index contributed by atoms with van der Waals surface area (Å²) in [5.41, 5.74) is 3.15. The minimum absolute atomic E-state index is 0.469. The first-order chi connectivity index (χ1) is 12.7. The lowest BCUT2D eigenvalue weighted by molar-refractivity contribution is 0.00769. The average Bonchev–Trinajstić information content (AvgIpc) is 2.65. The second kappa shape index (κ2) is 7.85. The third-order valence-corrected chi connectivity index (χ3v) is 5.97. The number of rotatable bonds is 4. The standard InChI is InChI=1S/C22H30N4/c1-19-23-13-21(14-24-19)16-26-12-6-10-22(18-26)9-5-11-25(17-22)15-20-7-3-2-4-8-20/h2-4,7-8,13-14H,5-6,9-12,15-18H2,1H3. The molecule has 0 amide bonds. The number of hydrogen-bond acceptors (Lipinski definition) is 4. The molecule has 138 valence electrons. The predicted octanol–water partition coefficient (Wildman–Crippen LogP) is 3.66. The molecule has 1 aromatic carbocycles. The zero-order valence-electron chi connectivity index (χ0n) is 15.9. The quantitative estimate of drug-likeness (QED) is 0.842. The Balaban J connectivity index is 1.39. The van der Waals surface area contributed by atoms with Crippen molar-refractivity contribution in [2.45, 2.75) is 45.7 Å². The molecular weight excluding hydrogens is 320 g/mol. The molecule has 0 bridgehead atoms. The van der Waals surface area contributed by atoms with Gasteiger partial charge in [0, 0.05) is 44.1 Å². The third-order valence-electron chi connectivity index (χ3n) is 5.97. The van der Waals surface area contributed by atoms with Crippen molar-refractivity contribution in [3.63, 3.8) is 0 Å². The number of hydrogen-bond donors (Lipinski definition) is 0. The largest absolute Gasteiger partial charge is 0.298 e. The molecule has 0 N–H and O–H groups in total. The van der Waals surface area contributed by atoms with Crippen molar-refractivity contribution in [2.75, 3.05) is 26.2 Å². The van der Waals surface area contributed by atoms with Crippen molar-refractivity contribution in [3.05, 3.63) is 59.7 Å². The van der Waals surface area contributed by atoms with Crippen LogP contribution in [0.5, 0.6) is 0 Å². The molecule has 2 aromatic rings. The van der Waals surface area contributed by atoms with Crippen molar-refractivity contribution < 1.29 is 0 Å². The monoisotopic (exact) mass is 350 g/mol. The summed E-state index contributed by atoms with van der Waals surface area (Å²) in [5.74, 6) is 0.854. The highest BCUT2D eigenvalue weighted by molar-refractivity contribution is 5.15. The van der Waals surface area contributed by atoms with Gasteiger partial charge in [-0.3, -0.25) is 9.80 Å². The summed E-state index contributed by atoms with van der Waals surface area (Å²) in [7, 11) is 0. The van der Waals surface area contributed by atoms with E-state index in [4.69, 9.17) is 0 Å². The predicted molar refractivity (Wildman–Crippen MR) is 105 cm³/mol. The first-order valence-corrected chi connectivity index (χ1v) is 9.97. The van der Waals surface area contributed by atoms with E-state index in [-0.39, 0.29) is 0 Å². The minimum Gasteiger partial charge on any atom is -0.298 e. The van der Waals surface area contributed by atoms with Gasteiger partial charge in [0.2, 0.25) is 0 Å². The highest BCUT2D eigenvalue weighted by Gasteiger charge is 2.39. The van der Waals surface area contributed by atoms with Gasteiger partial charge in [-0.05, 0) is 56.7 Å². The van der Waals surface area contributed by atoms with E-state index in [9.17, 15) is 0 Å². The summed E-state index contributed by atoms with van der Waals surface area (Å²) in [5, 5.41) is 0. The van der Waals surface area contributed by atoms with E-state index in [1.165, 1.54) is 63.0 Å². The van der Waals surface area contributed by atoms with Crippen LogP contribution in [0.3, 0.4) is 0 Å². The lowest BCUT2D eigenvalue weighted by Gasteiger charge is -2.48. The molecular formula is C22H30N4. The fourth-order valence-electron chi connectivity index (χ4n) is 4.82. The summed E-state index contributed by atoms with van der Waals surface area (Å²) in [4.78, 5) is 14.0. The summed E-state index contributed by atoms with van der Waals surface area (Å²) >= 11 is 0. The van der Waals surface area contributed by atoms with Gasteiger partial charge in [0.25, 0.3) is 0 Å². The normalized spacial score (nSPS) is 24.8. The summed E-state index contributed by atoms with van der Waals surface area (Å²) in [6.45, 7) is 8.92. The fraction of sp³-hybridized carbons (Fsp3) is 0.545. The lowest BCUT2D eigenvalue weighted by atomic mass is 9.73. The van der Waals surface area contributed by atoms with E-state index < -0.39 is 0 Å². The van der Waals surface area contributed by atoms with Crippen molar-refractivity contribution in [3.8, 4) is 0 Å². The van der Waals surface area contributed by atoms with Gasteiger partial charge in [-0.25, -0.2) is 9.97 Å².